The number of ether oxygens (including phenoxy) is 1. The molecule has 2 fully saturated rings. The number of esters is 1. The molecule has 160 valence electrons. The van der Waals surface area contributed by atoms with Crippen molar-refractivity contribution in [1.82, 2.24) is 4.90 Å². The number of hydrogen-bond acceptors (Lipinski definition) is 6. The van der Waals surface area contributed by atoms with Gasteiger partial charge >= 0.3 is 5.97 Å². The predicted octanol–water partition coefficient (Wildman–Crippen LogP) is 3.13. The first-order valence-corrected chi connectivity index (χ1v) is 13.4. The van der Waals surface area contributed by atoms with Crippen LogP contribution in [0.5, 0.6) is 0 Å². The van der Waals surface area contributed by atoms with Crippen LogP contribution < -0.4 is 0 Å². The van der Waals surface area contributed by atoms with E-state index in [2.05, 4.69) is 0 Å². The van der Waals surface area contributed by atoms with E-state index in [1.54, 1.807) is 16.2 Å². The molecule has 3 aliphatic rings. The van der Waals surface area contributed by atoms with Gasteiger partial charge in [-0.15, -0.1) is 11.3 Å². The zero-order valence-corrected chi connectivity index (χ0v) is 18.4. The number of fused-ring (bicyclic) bond motifs is 1. The summed E-state index contributed by atoms with van der Waals surface area (Å²) >= 11 is 1.60. The Bertz CT molecular complexity index is 870. The average molecular weight is 440 g/mol. The van der Waals surface area contributed by atoms with Crippen molar-refractivity contribution in [3.8, 4) is 0 Å². The molecule has 1 amide bonds. The normalized spacial score (nSPS) is 24.1. The fourth-order valence-electron chi connectivity index (χ4n) is 5.00. The molecule has 1 unspecified atom stereocenters. The number of hydrogen-bond donors (Lipinski definition) is 0. The third kappa shape index (κ3) is 4.68. The first-order valence-electron chi connectivity index (χ1n) is 10.7. The Balaban J connectivity index is 1.43. The van der Waals surface area contributed by atoms with Gasteiger partial charge in [0.05, 0.1) is 17.1 Å². The van der Waals surface area contributed by atoms with E-state index < -0.39 is 15.8 Å². The average Bonchev–Trinajstić information content (AvgIpc) is 3.30. The molecule has 0 radical (unpaired) electrons. The number of amides is 1. The molecular weight excluding hydrogens is 410 g/mol. The number of aryl methyl sites for hydroxylation is 1. The zero-order chi connectivity index (χ0) is 20.4. The van der Waals surface area contributed by atoms with Crippen molar-refractivity contribution in [2.24, 2.45) is 0 Å². The van der Waals surface area contributed by atoms with Crippen LogP contribution in [0, 0.1) is 0 Å². The summed E-state index contributed by atoms with van der Waals surface area (Å²) in [5.41, 5.74) is 1.69. The molecule has 1 atom stereocenters. The SMILES string of the molecule is O=C(OCC(=O)N(C1CCCCC1)C1CCS(=O)(=O)C1)c1csc2c1CCCC2. The van der Waals surface area contributed by atoms with Gasteiger partial charge in [-0.05, 0) is 50.5 Å². The summed E-state index contributed by atoms with van der Waals surface area (Å²) in [7, 11) is -3.09. The standard InChI is InChI=1S/C21H29NO5S2/c23-20(12-27-21(24)18-13-28-19-9-5-4-8-17(18)19)22(15-6-2-1-3-7-15)16-10-11-29(25,26)14-16/h13,15-16H,1-12,14H2. The van der Waals surface area contributed by atoms with Crippen molar-refractivity contribution in [3.63, 3.8) is 0 Å². The highest BCUT2D eigenvalue weighted by molar-refractivity contribution is 7.91. The lowest BCUT2D eigenvalue weighted by molar-refractivity contribution is -0.140. The van der Waals surface area contributed by atoms with Crippen LogP contribution in [0.2, 0.25) is 0 Å². The number of nitrogens with zero attached hydrogens (tertiary/aromatic N) is 1. The molecule has 8 heteroatoms. The lowest BCUT2D eigenvalue weighted by Crippen LogP contribution is -2.50. The van der Waals surface area contributed by atoms with E-state index in [1.807, 2.05) is 5.38 Å². The molecule has 0 bridgehead atoms. The number of carbonyl (C=O) groups excluding carboxylic acids is 2. The predicted molar refractivity (Wildman–Crippen MR) is 112 cm³/mol. The van der Waals surface area contributed by atoms with Gasteiger partial charge in [0, 0.05) is 22.3 Å². The van der Waals surface area contributed by atoms with E-state index in [9.17, 15) is 18.0 Å². The Kier molecular flexibility index (Phi) is 6.30. The molecular formula is C21H29NO5S2. The number of rotatable bonds is 5. The molecule has 1 aromatic rings. The van der Waals surface area contributed by atoms with Crippen molar-refractivity contribution in [3.05, 3.63) is 21.4 Å². The third-order valence-corrected chi connectivity index (χ3v) is 9.30. The molecule has 2 aliphatic carbocycles. The van der Waals surface area contributed by atoms with Gasteiger partial charge < -0.3 is 9.64 Å². The molecule has 29 heavy (non-hydrogen) atoms. The highest BCUT2D eigenvalue weighted by Crippen LogP contribution is 2.31. The Morgan fingerprint density at radius 2 is 1.79 bits per heavy atom. The lowest BCUT2D eigenvalue weighted by Gasteiger charge is -2.38. The fourth-order valence-corrected chi connectivity index (χ4v) is 7.83. The first kappa shape index (κ1) is 20.8. The second-order valence-corrected chi connectivity index (χ2v) is 11.7. The smallest absolute Gasteiger partial charge is 0.339 e. The Morgan fingerprint density at radius 3 is 2.52 bits per heavy atom. The van der Waals surface area contributed by atoms with Gasteiger partial charge in [0.2, 0.25) is 0 Å². The van der Waals surface area contributed by atoms with Crippen LogP contribution in [0.1, 0.15) is 72.2 Å². The first-order chi connectivity index (χ1) is 13.9. The molecule has 4 rings (SSSR count). The van der Waals surface area contributed by atoms with Crippen molar-refractivity contribution >= 4 is 33.1 Å². The molecule has 6 nitrogen and oxygen atoms in total. The fraction of sp³-hybridized carbons (Fsp3) is 0.714. The van der Waals surface area contributed by atoms with Crippen LogP contribution in [-0.2, 0) is 32.2 Å². The maximum absolute atomic E-state index is 13.1. The second kappa shape index (κ2) is 8.76. The largest absolute Gasteiger partial charge is 0.452 e. The summed E-state index contributed by atoms with van der Waals surface area (Å²) in [5.74, 6) is -0.521. The van der Waals surface area contributed by atoms with Crippen LogP contribution in [0.3, 0.4) is 0 Å². The van der Waals surface area contributed by atoms with Gasteiger partial charge in [-0.3, -0.25) is 4.79 Å². The van der Waals surface area contributed by atoms with Gasteiger partial charge in [0.15, 0.2) is 16.4 Å². The molecule has 0 spiro atoms. The Morgan fingerprint density at radius 1 is 1.03 bits per heavy atom. The monoisotopic (exact) mass is 439 g/mol. The van der Waals surface area contributed by atoms with Crippen LogP contribution in [0.4, 0.5) is 0 Å². The van der Waals surface area contributed by atoms with E-state index in [-0.39, 0.29) is 36.1 Å². The molecule has 2 heterocycles. The summed E-state index contributed by atoms with van der Waals surface area (Å²) in [6.07, 6.45) is 9.67. The lowest BCUT2D eigenvalue weighted by atomic mass is 9.93. The van der Waals surface area contributed by atoms with Gasteiger partial charge in [-0.1, -0.05) is 19.3 Å². The summed E-state index contributed by atoms with van der Waals surface area (Å²) in [4.78, 5) is 28.7. The van der Waals surface area contributed by atoms with Gasteiger partial charge in [-0.25, -0.2) is 13.2 Å². The topological polar surface area (TPSA) is 80.8 Å². The zero-order valence-electron chi connectivity index (χ0n) is 16.7. The maximum Gasteiger partial charge on any atom is 0.339 e. The minimum atomic E-state index is -3.09. The minimum Gasteiger partial charge on any atom is -0.452 e. The summed E-state index contributed by atoms with van der Waals surface area (Å²) in [6, 6.07) is -0.231. The summed E-state index contributed by atoms with van der Waals surface area (Å²) in [6.45, 7) is -0.309. The number of thiophene rings is 1. The van der Waals surface area contributed by atoms with Gasteiger partial charge in [0.25, 0.3) is 5.91 Å². The van der Waals surface area contributed by atoms with Crippen molar-refractivity contribution in [2.75, 3.05) is 18.1 Å². The van der Waals surface area contributed by atoms with E-state index in [4.69, 9.17) is 4.74 Å². The summed E-state index contributed by atoms with van der Waals surface area (Å²) < 4.78 is 29.4. The Labute approximate surface area is 176 Å². The molecule has 0 aromatic carbocycles. The van der Waals surface area contributed by atoms with Crippen LogP contribution in [-0.4, -0.2) is 55.4 Å². The van der Waals surface area contributed by atoms with E-state index in [1.165, 1.54) is 4.88 Å². The van der Waals surface area contributed by atoms with Crippen molar-refractivity contribution in [1.29, 1.82) is 0 Å². The van der Waals surface area contributed by atoms with Crippen molar-refractivity contribution < 1.29 is 22.7 Å². The van der Waals surface area contributed by atoms with Crippen LogP contribution in [0.25, 0.3) is 0 Å². The molecule has 1 aromatic heterocycles. The summed E-state index contributed by atoms with van der Waals surface area (Å²) in [5, 5.41) is 1.85. The third-order valence-electron chi connectivity index (χ3n) is 6.47. The van der Waals surface area contributed by atoms with E-state index in [0.717, 1.165) is 63.4 Å². The highest BCUT2D eigenvalue weighted by Gasteiger charge is 2.38. The van der Waals surface area contributed by atoms with Gasteiger partial charge in [0.1, 0.15) is 0 Å². The van der Waals surface area contributed by atoms with Crippen LogP contribution in [0.15, 0.2) is 5.38 Å². The molecule has 1 aliphatic heterocycles. The molecule has 1 saturated heterocycles. The van der Waals surface area contributed by atoms with E-state index >= 15 is 0 Å². The number of carbonyl (C=O) groups is 2. The molecule has 1 saturated carbocycles. The number of sulfone groups is 1. The molecule has 0 N–H and O–H groups in total. The second-order valence-electron chi connectivity index (χ2n) is 8.48. The quantitative estimate of drug-likeness (QED) is 0.659. The van der Waals surface area contributed by atoms with Crippen LogP contribution >= 0.6 is 11.3 Å². The van der Waals surface area contributed by atoms with E-state index in [0.29, 0.717) is 12.0 Å². The maximum atomic E-state index is 13.1. The van der Waals surface area contributed by atoms with Crippen molar-refractivity contribution in [2.45, 2.75) is 76.3 Å². The highest BCUT2D eigenvalue weighted by atomic mass is 32.2. The van der Waals surface area contributed by atoms with Gasteiger partial charge in [-0.2, -0.15) is 0 Å². The minimum absolute atomic E-state index is 0.0290. The Hall–Kier alpha value is -1.41.